The number of aliphatic carboxylic acids is 1. The van der Waals surface area contributed by atoms with E-state index in [2.05, 4.69) is 67.8 Å². The molecule has 1 aromatic rings. The van der Waals surface area contributed by atoms with Crippen molar-refractivity contribution in [2.45, 2.75) is 45.4 Å². The maximum atomic E-state index is 10.8. The van der Waals surface area contributed by atoms with Crippen molar-refractivity contribution < 1.29 is 19.7 Å². The van der Waals surface area contributed by atoms with E-state index in [1.165, 1.54) is 0 Å². The van der Waals surface area contributed by atoms with Crippen LogP contribution in [0.3, 0.4) is 0 Å². The first-order valence-corrected chi connectivity index (χ1v) is 10.7. The number of ether oxygens (including phenoxy) is 1. The number of nitrogens with two attached hydrogens (primary N) is 1. The Labute approximate surface area is 176 Å². The van der Waals surface area contributed by atoms with Gasteiger partial charge in [0.25, 0.3) is 0 Å². The Balaban J connectivity index is 2.02. The van der Waals surface area contributed by atoms with Gasteiger partial charge in [0.2, 0.25) is 0 Å². The minimum atomic E-state index is -0.998. The number of hydrogen-bond donors (Lipinski definition) is 3. The molecule has 0 aromatic heterocycles. The zero-order valence-electron chi connectivity index (χ0n) is 12.2. The molecule has 1 fully saturated rings. The smallest absolute Gasteiger partial charge is 0.320 e. The quantitative estimate of drug-likeness (QED) is 0.335. The summed E-state index contributed by atoms with van der Waals surface area (Å²) >= 11 is 6.76. The third kappa shape index (κ3) is 5.54. The minimum Gasteiger partial charge on any atom is -0.489 e. The van der Waals surface area contributed by atoms with Crippen LogP contribution in [0.2, 0.25) is 0 Å². The SMILES string of the molecule is NC(Cc1ccc(OC2CC(I)C(O)C(I)C2)c(I)c1)C(=O)O. The number of carboxylic acid groups (broad SMARTS) is 1. The van der Waals surface area contributed by atoms with E-state index in [0.717, 1.165) is 27.7 Å². The lowest BCUT2D eigenvalue weighted by Crippen LogP contribution is -2.42. The standard InChI is InChI=1S/C15H18I3NO4/c16-9-3-7(4-12(19)15(21)22)1-2-13(9)23-8-5-10(17)14(20)11(18)6-8/h1-3,8,10-12,14,20H,4-6,19H2,(H,21,22). The summed E-state index contributed by atoms with van der Waals surface area (Å²) in [6.07, 6.45) is 1.75. The summed E-state index contributed by atoms with van der Waals surface area (Å²) < 4.78 is 7.44. The number of hydrogen-bond acceptors (Lipinski definition) is 4. The van der Waals surface area contributed by atoms with Crippen LogP contribution in [-0.2, 0) is 11.2 Å². The average molecular weight is 657 g/mol. The molecule has 0 radical (unpaired) electrons. The van der Waals surface area contributed by atoms with Crippen LogP contribution in [0.1, 0.15) is 18.4 Å². The van der Waals surface area contributed by atoms with E-state index in [-0.39, 0.29) is 20.1 Å². The second-order valence-electron chi connectivity index (χ2n) is 5.65. The van der Waals surface area contributed by atoms with Crippen molar-refractivity contribution in [1.82, 2.24) is 0 Å². The molecule has 128 valence electrons. The Kier molecular flexibility index (Phi) is 7.63. The highest BCUT2D eigenvalue weighted by Crippen LogP contribution is 2.34. The summed E-state index contributed by atoms with van der Waals surface area (Å²) in [5, 5.41) is 18.9. The zero-order chi connectivity index (χ0) is 17.1. The topological polar surface area (TPSA) is 92.8 Å². The lowest BCUT2D eigenvalue weighted by molar-refractivity contribution is -0.138. The Morgan fingerprint density at radius 1 is 1.35 bits per heavy atom. The van der Waals surface area contributed by atoms with Crippen LogP contribution in [0.25, 0.3) is 0 Å². The molecule has 4 N–H and O–H groups in total. The summed E-state index contributed by atoms with van der Waals surface area (Å²) in [7, 11) is 0. The predicted octanol–water partition coefficient (Wildman–Crippen LogP) is 2.75. The van der Waals surface area contributed by atoms with Crippen LogP contribution in [0, 0.1) is 3.57 Å². The lowest BCUT2D eigenvalue weighted by atomic mass is 9.95. The lowest BCUT2D eigenvalue weighted by Gasteiger charge is -2.34. The van der Waals surface area contributed by atoms with Crippen LogP contribution in [0.4, 0.5) is 0 Å². The van der Waals surface area contributed by atoms with Gasteiger partial charge in [0.15, 0.2) is 0 Å². The van der Waals surface area contributed by atoms with E-state index >= 15 is 0 Å². The molecule has 5 nitrogen and oxygen atoms in total. The third-order valence-corrected chi connectivity index (χ3v) is 7.11. The highest BCUT2D eigenvalue weighted by atomic mass is 127. The fraction of sp³-hybridized carbons (Fsp3) is 0.533. The highest BCUT2D eigenvalue weighted by Gasteiger charge is 2.35. The van der Waals surface area contributed by atoms with Gasteiger partial charge in [0.05, 0.1) is 9.67 Å². The fourth-order valence-corrected chi connectivity index (χ4v) is 6.13. The Morgan fingerprint density at radius 2 is 1.96 bits per heavy atom. The molecule has 1 saturated carbocycles. The molecule has 2 rings (SSSR count). The first kappa shape index (κ1) is 19.9. The van der Waals surface area contributed by atoms with Crippen molar-refractivity contribution in [2.75, 3.05) is 0 Å². The molecular weight excluding hydrogens is 639 g/mol. The molecule has 3 unspecified atom stereocenters. The van der Waals surface area contributed by atoms with Gasteiger partial charge in [-0.2, -0.15) is 0 Å². The molecule has 3 atom stereocenters. The van der Waals surface area contributed by atoms with Crippen LogP contribution < -0.4 is 10.5 Å². The molecule has 1 aliphatic rings. The molecule has 1 aromatic carbocycles. The van der Waals surface area contributed by atoms with Crippen LogP contribution in [-0.4, -0.2) is 42.3 Å². The van der Waals surface area contributed by atoms with Crippen molar-refractivity contribution in [3.8, 4) is 5.75 Å². The van der Waals surface area contributed by atoms with Crippen LogP contribution in [0.5, 0.6) is 5.75 Å². The van der Waals surface area contributed by atoms with E-state index in [1.807, 2.05) is 18.2 Å². The molecule has 1 aliphatic carbocycles. The molecule has 0 aliphatic heterocycles. The van der Waals surface area contributed by atoms with Gasteiger partial charge in [-0.25, -0.2) is 0 Å². The molecule has 23 heavy (non-hydrogen) atoms. The van der Waals surface area contributed by atoms with E-state index in [1.54, 1.807) is 0 Å². The van der Waals surface area contributed by atoms with Gasteiger partial charge in [-0.1, -0.05) is 51.2 Å². The van der Waals surface area contributed by atoms with E-state index in [0.29, 0.717) is 6.42 Å². The second kappa shape index (κ2) is 8.81. The van der Waals surface area contributed by atoms with E-state index < -0.39 is 12.0 Å². The maximum absolute atomic E-state index is 10.8. The molecule has 0 saturated heterocycles. The van der Waals surface area contributed by atoms with Crippen molar-refractivity contribution in [2.24, 2.45) is 5.73 Å². The largest absolute Gasteiger partial charge is 0.489 e. The Bertz CT molecular complexity index is 560. The normalized spacial score (nSPS) is 29.1. The van der Waals surface area contributed by atoms with Gasteiger partial charge < -0.3 is 20.7 Å². The monoisotopic (exact) mass is 657 g/mol. The number of rotatable bonds is 5. The van der Waals surface area contributed by atoms with Crippen molar-refractivity contribution in [1.29, 1.82) is 0 Å². The van der Waals surface area contributed by atoms with Crippen LogP contribution >= 0.6 is 67.8 Å². The fourth-order valence-electron chi connectivity index (χ4n) is 2.49. The van der Waals surface area contributed by atoms with Gasteiger partial charge >= 0.3 is 5.97 Å². The van der Waals surface area contributed by atoms with Crippen LogP contribution in [0.15, 0.2) is 18.2 Å². The molecule has 8 heteroatoms. The average Bonchev–Trinajstić information content (AvgIpc) is 2.47. The molecule has 0 bridgehead atoms. The predicted molar refractivity (Wildman–Crippen MR) is 114 cm³/mol. The third-order valence-electron chi connectivity index (χ3n) is 3.78. The number of carbonyl (C=O) groups is 1. The highest BCUT2D eigenvalue weighted by molar-refractivity contribution is 14.1. The molecular formula is C15H18I3NO4. The Morgan fingerprint density at radius 3 is 2.48 bits per heavy atom. The first-order valence-electron chi connectivity index (χ1n) is 7.17. The van der Waals surface area contributed by atoms with Gasteiger partial charge in [-0.3, -0.25) is 4.79 Å². The van der Waals surface area contributed by atoms with Gasteiger partial charge in [0, 0.05) is 7.85 Å². The van der Waals surface area contributed by atoms with E-state index in [4.69, 9.17) is 15.6 Å². The minimum absolute atomic E-state index is 0.0860. The van der Waals surface area contributed by atoms with Crippen molar-refractivity contribution >= 4 is 73.7 Å². The van der Waals surface area contributed by atoms with E-state index in [9.17, 15) is 9.90 Å². The maximum Gasteiger partial charge on any atom is 0.320 e. The molecule has 0 heterocycles. The van der Waals surface area contributed by atoms with Gasteiger partial charge in [0.1, 0.15) is 17.9 Å². The van der Waals surface area contributed by atoms with Crippen molar-refractivity contribution in [3.63, 3.8) is 0 Å². The summed E-state index contributed by atoms with van der Waals surface area (Å²) in [6, 6.07) is 4.76. The summed E-state index contributed by atoms with van der Waals surface area (Å²) in [4.78, 5) is 10.8. The molecule has 0 spiro atoms. The van der Waals surface area contributed by atoms with Gasteiger partial charge in [-0.05, 0) is 59.5 Å². The number of aliphatic hydroxyl groups is 1. The van der Waals surface area contributed by atoms with Gasteiger partial charge in [-0.15, -0.1) is 0 Å². The number of carboxylic acids is 1. The summed E-state index contributed by atoms with van der Waals surface area (Å²) in [5.74, 6) is -0.200. The summed E-state index contributed by atoms with van der Waals surface area (Å²) in [6.45, 7) is 0. The number of benzene rings is 1. The summed E-state index contributed by atoms with van der Waals surface area (Å²) in [5.41, 5.74) is 6.45. The number of alkyl halides is 2. The Hall–Kier alpha value is 0.600. The first-order chi connectivity index (χ1) is 10.8. The number of halogens is 3. The molecule has 0 amide bonds. The zero-order valence-corrected chi connectivity index (χ0v) is 18.6. The number of aliphatic hydroxyl groups excluding tert-OH is 1. The van der Waals surface area contributed by atoms with Crippen molar-refractivity contribution in [3.05, 3.63) is 27.3 Å². The second-order valence-corrected chi connectivity index (χ2v) is 10.0.